The van der Waals surface area contributed by atoms with E-state index >= 15 is 0 Å². The van der Waals surface area contributed by atoms with Gasteiger partial charge in [-0.2, -0.15) is 11.8 Å². The highest BCUT2D eigenvalue weighted by molar-refractivity contribution is 7.99. The number of rotatable bonds is 7. The Bertz CT molecular complexity index is 152. The van der Waals surface area contributed by atoms with E-state index in [1.807, 2.05) is 18.7 Å². The minimum atomic E-state index is -0.0942. The predicted octanol–water partition coefficient (Wildman–Crippen LogP) is 3.53. The molecule has 0 saturated heterocycles. The molecule has 0 unspecified atom stereocenters. The number of Topliss-reactive ketones (excluding diaryl/α,β-unsaturated/α-hetero) is 1. The summed E-state index contributed by atoms with van der Waals surface area (Å²) in [7, 11) is 0. The second kappa shape index (κ2) is 6.47. The van der Waals surface area contributed by atoms with Crippen LogP contribution < -0.4 is 0 Å². The molecule has 0 fully saturated rings. The van der Waals surface area contributed by atoms with Gasteiger partial charge >= 0.3 is 0 Å². The summed E-state index contributed by atoms with van der Waals surface area (Å²) in [5.74, 6) is 2.77. The van der Waals surface area contributed by atoms with Crippen molar-refractivity contribution in [3.05, 3.63) is 0 Å². The van der Waals surface area contributed by atoms with Gasteiger partial charge in [0.25, 0.3) is 0 Å². The van der Waals surface area contributed by atoms with Crippen molar-refractivity contribution < 1.29 is 4.79 Å². The maximum absolute atomic E-state index is 11.5. The van der Waals surface area contributed by atoms with Crippen LogP contribution in [-0.2, 0) is 4.79 Å². The molecule has 0 aromatic rings. The first-order valence-corrected chi connectivity index (χ1v) is 6.31. The lowest BCUT2D eigenvalue weighted by Gasteiger charge is -2.21. The number of carbonyl (C=O) groups is 1. The molecular formula is C11H22OS. The Morgan fingerprint density at radius 2 is 1.92 bits per heavy atom. The zero-order valence-electron chi connectivity index (χ0n) is 9.35. The Kier molecular flexibility index (Phi) is 6.48. The second-order valence-corrected chi connectivity index (χ2v) is 5.35. The summed E-state index contributed by atoms with van der Waals surface area (Å²) in [6.45, 7) is 8.25. The van der Waals surface area contributed by atoms with Crippen LogP contribution in [0.25, 0.3) is 0 Å². The smallest absolute Gasteiger partial charge is 0.138 e. The zero-order chi connectivity index (χ0) is 10.3. The quantitative estimate of drug-likeness (QED) is 0.588. The molecule has 0 aliphatic rings. The highest BCUT2D eigenvalue weighted by Gasteiger charge is 2.24. The fourth-order valence-electron chi connectivity index (χ4n) is 1.38. The normalized spacial score (nSPS) is 11.7. The van der Waals surface area contributed by atoms with Crippen LogP contribution in [0.15, 0.2) is 0 Å². The van der Waals surface area contributed by atoms with Gasteiger partial charge in [-0.15, -0.1) is 0 Å². The Balaban J connectivity index is 3.69. The van der Waals surface area contributed by atoms with Gasteiger partial charge in [0, 0.05) is 11.8 Å². The van der Waals surface area contributed by atoms with Gasteiger partial charge in [-0.05, 0) is 24.3 Å². The molecule has 0 spiro atoms. The summed E-state index contributed by atoms with van der Waals surface area (Å²) in [6, 6.07) is 0. The maximum Gasteiger partial charge on any atom is 0.138 e. The van der Waals surface area contributed by atoms with E-state index in [1.165, 1.54) is 11.5 Å². The Hall–Kier alpha value is 0.0200. The molecule has 0 amide bonds. The molecule has 0 heterocycles. The molecule has 0 rings (SSSR count). The van der Waals surface area contributed by atoms with E-state index in [-0.39, 0.29) is 5.41 Å². The molecule has 0 radical (unpaired) electrons. The van der Waals surface area contributed by atoms with Gasteiger partial charge in [0.15, 0.2) is 0 Å². The molecule has 0 aliphatic heterocycles. The number of hydrogen-bond donors (Lipinski definition) is 0. The van der Waals surface area contributed by atoms with Crippen molar-refractivity contribution in [1.29, 1.82) is 0 Å². The van der Waals surface area contributed by atoms with Crippen molar-refractivity contribution in [2.24, 2.45) is 5.41 Å². The van der Waals surface area contributed by atoms with Crippen LogP contribution in [0.5, 0.6) is 0 Å². The fourth-order valence-corrected chi connectivity index (χ4v) is 2.02. The lowest BCUT2D eigenvalue weighted by Crippen LogP contribution is -2.23. The first-order valence-electron chi connectivity index (χ1n) is 5.15. The van der Waals surface area contributed by atoms with E-state index in [0.717, 1.165) is 12.8 Å². The standard InChI is InChI=1S/C11H22OS/c1-5-10(12)11(3,4)8-7-9-13-6-2/h5-9H2,1-4H3. The van der Waals surface area contributed by atoms with E-state index in [4.69, 9.17) is 0 Å². The van der Waals surface area contributed by atoms with Gasteiger partial charge in [0.2, 0.25) is 0 Å². The first kappa shape index (κ1) is 13.0. The average Bonchev–Trinajstić information content (AvgIpc) is 2.11. The molecule has 0 aromatic carbocycles. The third-order valence-electron chi connectivity index (χ3n) is 2.37. The van der Waals surface area contributed by atoms with Crippen molar-refractivity contribution in [2.75, 3.05) is 11.5 Å². The minimum Gasteiger partial charge on any atom is -0.299 e. The second-order valence-electron chi connectivity index (χ2n) is 3.96. The minimum absolute atomic E-state index is 0.0942. The van der Waals surface area contributed by atoms with Gasteiger partial charge in [-0.25, -0.2) is 0 Å². The largest absolute Gasteiger partial charge is 0.299 e. The highest BCUT2D eigenvalue weighted by Crippen LogP contribution is 2.25. The predicted molar refractivity (Wildman–Crippen MR) is 61.3 cm³/mol. The van der Waals surface area contributed by atoms with E-state index in [0.29, 0.717) is 12.2 Å². The lowest BCUT2D eigenvalue weighted by atomic mass is 9.82. The van der Waals surface area contributed by atoms with Crippen LogP contribution in [0.3, 0.4) is 0 Å². The number of hydrogen-bond acceptors (Lipinski definition) is 2. The third kappa shape index (κ3) is 5.35. The van der Waals surface area contributed by atoms with Crippen LogP contribution in [0.4, 0.5) is 0 Å². The first-order chi connectivity index (χ1) is 6.04. The van der Waals surface area contributed by atoms with Crippen LogP contribution in [-0.4, -0.2) is 17.3 Å². The SMILES string of the molecule is CCSCCCC(C)(C)C(=O)CC. The fraction of sp³-hybridized carbons (Fsp3) is 0.909. The van der Waals surface area contributed by atoms with E-state index in [9.17, 15) is 4.79 Å². The van der Waals surface area contributed by atoms with Crippen molar-refractivity contribution in [3.8, 4) is 0 Å². The molecule has 0 aromatic heterocycles. The van der Waals surface area contributed by atoms with Crippen molar-refractivity contribution in [3.63, 3.8) is 0 Å². The maximum atomic E-state index is 11.5. The zero-order valence-corrected chi connectivity index (χ0v) is 10.2. The van der Waals surface area contributed by atoms with Crippen LogP contribution >= 0.6 is 11.8 Å². The summed E-state index contributed by atoms with van der Waals surface area (Å²) in [5.41, 5.74) is -0.0942. The molecular weight excluding hydrogens is 180 g/mol. The third-order valence-corrected chi connectivity index (χ3v) is 3.36. The van der Waals surface area contributed by atoms with Gasteiger partial charge in [0.05, 0.1) is 0 Å². The van der Waals surface area contributed by atoms with Crippen molar-refractivity contribution >= 4 is 17.5 Å². The van der Waals surface area contributed by atoms with E-state index < -0.39 is 0 Å². The summed E-state index contributed by atoms with van der Waals surface area (Å²) < 4.78 is 0. The number of thioether (sulfide) groups is 1. The van der Waals surface area contributed by atoms with Gasteiger partial charge < -0.3 is 0 Å². The van der Waals surface area contributed by atoms with Crippen LogP contribution in [0.2, 0.25) is 0 Å². The topological polar surface area (TPSA) is 17.1 Å². The summed E-state index contributed by atoms with van der Waals surface area (Å²) >= 11 is 1.96. The molecule has 0 N–H and O–H groups in total. The van der Waals surface area contributed by atoms with E-state index in [2.05, 4.69) is 20.8 Å². The lowest BCUT2D eigenvalue weighted by molar-refractivity contribution is -0.127. The molecule has 0 saturated carbocycles. The van der Waals surface area contributed by atoms with Crippen LogP contribution in [0.1, 0.15) is 47.0 Å². The molecule has 0 atom stereocenters. The van der Waals surface area contributed by atoms with Crippen molar-refractivity contribution in [2.45, 2.75) is 47.0 Å². The van der Waals surface area contributed by atoms with Crippen LogP contribution in [0, 0.1) is 5.41 Å². The molecule has 13 heavy (non-hydrogen) atoms. The Labute approximate surface area is 86.7 Å². The molecule has 1 nitrogen and oxygen atoms in total. The van der Waals surface area contributed by atoms with Gasteiger partial charge in [0.1, 0.15) is 5.78 Å². The number of ketones is 1. The summed E-state index contributed by atoms with van der Waals surface area (Å²) in [6.07, 6.45) is 2.87. The Morgan fingerprint density at radius 3 is 2.38 bits per heavy atom. The number of carbonyl (C=O) groups excluding carboxylic acids is 1. The van der Waals surface area contributed by atoms with E-state index in [1.54, 1.807) is 0 Å². The molecule has 78 valence electrons. The molecule has 0 aliphatic carbocycles. The average molecular weight is 202 g/mol. The monoisotopic (exact) mass is 202 g/mol. The van der Waals surface area contributed by atoms with Crippen molar-refractivity contribution in [1.82, 2.24) is 0 Å². The summed E-state index contributed by atoms with van der Waals surface area (Å²) in [4.78, 5) is 11.5. The highest BCUT2D eigenvalue weighted by atomic mass is 32.2. The van der Waals surface area contributed by atoms with Gasteiger partial charge in [-0.3, -0.25) is 4.79 Å². The molecule has 0 bridgehead atoms. The Morgan fingerprint density at radius 1 is 1.31 bits per heavy atom. The van der Waals surface area contributed by atoms with Gasteiger partial charge in [-0.1, -0.05) is 27.7 Å². The summed E-state index contributed by atoms with van der Waals surface area (Å²) in [5, 5.41) is 0. The molecule has 2 heteroatoms.